The van der Waals surface area contributed by atoms with E-state index in [2.05, 4.69) is 91.7 Å². The van der Waals surface area contributed by atoms with Crippen LogP contribution in [-0.4, -0.2) is 34.5 Å². The molecule has 0 saturated heterocycles. The summed E-state index contributed by atoms with van der Waals surface area (Å²) in [5, 5.41) is 12.4. The van der Waals surface area contributed by atoms with Gasteiger partial charge in [0.05, 0.1) is 11.2 Å². The third kappa shape index (κ3) is 7.77. The molecule has 8 nitrogen and oxygen atoms in total. The Kier molecular flexibility index (Phi) is 10.5. The molecule has 228 valence electrons. The Morgan fingerprint density at radius 2 is 1.37 bits per heavy atom. The summed E-state index contributed by atoms with van der Waals surface area (Å²) in [4.78, 5) is 4.18. The number of hydrogen-bond donors (Lipinski definition) is 1. The van der Waals surface area contributed by atoms with Gasteiger partial charge >= 0.3 is 10.1 Å². The predicted octanol–water partition coefficient (Wildman–Crippen LogP) is 8.33. The third-order valence-electron chi connectivity index (χ3n) is 7.74. The van der Waals surface area contributed by atoms with E-state index >= 15 is 0 Å². The lowest BCUT2D eigenvalue weighted by atomic mass is 9.88. The van der Waals surface area contributed by atoms with Gasteiger partial charge < -0.3 is 0 Å². The van der Waals surface area contributed by atoms with E-state index in [0.717, 1.165) is 35.2 Å². The molecule has 2 heterocycles. The molecule has 0 radical (unpaired) electrons. The van der Waals surface area contributed by atoms with Gasteiger partial charge in [-0.25, -0.2) is 10.0 Å². The predicted molar refractivity (Wildman–Crippen MR) is 174 cm³/mol. The molecule has 0 amide bonds. The fourth-order valence-corrected chi connectivity index (χ4v) is 6.11. The van der Waals surface area contributed by atoms with Crippen LogP contribution in [0.1, 0.15) is 82.1 Å². The summed E-state index contributed by atoms with van der Waals surface area (Å²) in [6, 6.07) is 26.6. The molecule has 4 aromatic rings. The van der Waals surface area contributed by atoms with Crippen molar-refractivity contribution < 1.29 is 13.0 Å². The number of aromatic nitrogens is 1. The highest BCUT2D eigenvalue weighted by atomic mass is 32.2. The molecule has 5 rings (SSSR count). The van der Waals surface area contributed by atoms with Gasteiger partial charge in [-0.1, -0.05) is 101 Å². The molecule has 0 fully saturated rings. The maximum atomic E-state index is 12.5. The lowest BCUT2D eigenvalue weighted by molar-refractivity contribution is 0.202. The maximum Gasteiger partial charge on any atom is 0.309 e. The Hall–Kier alpha value is -3.82. The van der Waals surface area contributed by atoms with E-state index in [4.69, 9.17) is 0 Å². The number of nitrogens with zero attached hydrogens (tertiary/aromatic N) is 5. The summed E-state index contributed by atoms with van der Waals surface area (Å²) >= 11 is 0. The highest BCUT2D eigenvalue weighted by molar-refractivity contribution is 7.86. The van der Waals surface area contributed by atoms with Gasteiger partial charge in [0.1, 0.15) is 0 Å². The van der Waals surface area contributed by atoms with Gasteiger partial charge in [-0.2, -0.15) is 8.42 Å². The van der Waals surface area contributed by atoms with Gasteiger partial charge in [-0.3, -0.25) is 9.54 Å². The molecule has 1 aromatic heterocycles. The van der Waals surface area contributed by atoms with Crippen molar-refractivity contribution in [2.45, 2.75) is 84.2 Å². The first-order valence-corrected chi connectivity index (χ1v) is 16.5. The average Bonchev–Trinajstić information content (AvgIpc) is 3.46. The number of aryl methyl sites for hydroxylation is 2. The molecule has 2 atom stereocenters. The highest BCUT2D eigenvalue weighted by Gasteiger charge is 2.44. The standard InChI is InChI=1S/C25H36N4O3S.C9H7N/c1-7-19(6)28-25(33(30,31)32)29(27-26-28)24-22(17(2)3)15-21(16-23(24)18(4)5)14-13-20-11-9-8-10-12-20;1-2-6-9-8(4-1)5-3-7-10-9/h8-12,15-19,25H,7,13-14H2,1-6H3,(H,30,31,32);1-7H. The summed E-state index contributed by atoms with van der Waals surface area (Å²) in [7, 11) is -4.48. The zero-order valence-corrected chi connectivity index (χ0v) is 26.7. The Bertz CT molecular complexity index is 1550. The lowest BCUT2D eigenvalue weighted by Crippen LogP contribution is -2.48. The van der Waals surface area contributed by atoms with Crippen molar-refractivity contribution in [1.82, 2.24) is 9.99 Å². The topological polar surface area (TPSA) is 98.5 Å². The van der Waals surface area contributed by atoms with Crippen molar-refractivity contribution in [3.05, 3.63) is 107 Å². The molecule has 0 spiro atoms. The number of anilines is 1. The molecular weight excluding hydrogens is 558 g/mol. The third-order valence-corrected chi connectivity index (χ3v) is 8.69. The smallest absolute Gasteiger partial charge is 0.282 e. The van der Waals surface area contributed by atoms with Gasteiger partial charge in [-0.15, -0.1) is 0 Å². The van der Waals surface area contributed by atoms with E-state index in [0.29, 0.717) is 6.42 Å². The van der Waals surface area contributed by atoms with E-state index in [-0.39, 0.29) is 17.9 Å². The zero-order valence-electron chi connectivity index (χ0n) is 25.9. The second kappa shape index (κ2) is 14.1. The van der Waals surface area contributed by atoms with Crippen LogP contribution in [0.4, 0.5) is 5.69 Å². The minimum Gasteiger partial charge on any atom is -0.282 e. The van der Waals surface area contributed by atoms with Crippen molar-refractivity contribution >= 4 is 26.7 Å². The molecule has 0 saturated carbocycles. The number of para-hydroxylation sites is 1. The maximum absolute atomic E-state index is 12.5. The summed E-state index contributed by atoms with van der Waals surface area (Å²) < 4.78 is 35.1. The van der Waals surface area contributed by atoms with Crippen LogP contribution in [0.15, 0.2) is 95.5 Å². The van der Waals surface area contributed by atoms with Gasteiger partial charge in [-0.05, 0) is 82.9 Å². The molecule has 1 N–H and O–H groups in total. The normalized spacial score (nSPS) is 15.7. The van der Waals surface area contributed by atoms with Gasteiger partial charge in [0.2, 0.25) is 0 Å². The number of hydrogen-bond acceptors (Lipinski definition) is 7. The fourth-order valence-electron chi connectivity index (χ4n) is 5.18. The van der Waals surface area contributed by atoms with E-state index < -0.39 is 15.6 Å². The van der Waals surface area contributed by atoms with Gasteiger partial charge in [0.25, 0.3) is 5.50 Å². The molecule has 2 unspecified atom stereocenters. The summed E-state index contributed by atoms with van der Waals surface area (Å²) in [6.45, 7) is 12.2. The molecule has 1 aliphatic rings. The van der Waals surface area contributed by atoms with Crippen molar-refractivity contribution in [1.29, 1.82) is 0 Å². The number of fused-ring (bicyclic) bond motifs is 1. The van der Waals surface area contributed by atoms with Crippen molar-refractivity contribution in [2.75, 3.05) is 5.01 Å². The second-order valence-electron chi connectivity index (χ2n) is 11.6. The van der Waals surface area contributed by atoms with Gasteiger partial charge in [0, 0.05) is 17.6 Å². The highest BCUT2D eigenvalue weighted by Crippen LogP contribution is 2.41. The summed E-state index contributed by atoms with van der Waals surface area (Å²) in [5.74, 6) is 0.258. The van der Waals surface area contributed by atoms with E-state index in [1.165, 1.54) is 26.5 Å². The lowest BCUT2D eigenvalue weighted by Gasteiger charge is -2.32. The van der Waals surface area contributed by atoms with Crippen LogP contribution >= 0.6 is 0 Å². The van der Waals surface area contributed by atoms with Crippen LogP contribution in [-0.2, 0) is 23.0 Å². The first-order chi connectivity index (χ1) is 20.5. The Labute approximate surface area is 256 Å². The van der Waals surface area contributed by atoms with Crippen LogP contribution < -0.4 is 5.01 Å². The molecule has 3 aromatic carbocycles. The van der Waals surface area contributed by atoms with Gasteiger partial charge in [0.15, 0.2) is 0 Å². The van der Waals surface area contributed by atoms with Crippen LogP contribution in [0.25, 0.3) is 10.9 Å². The largest absolute Gasteiger partial charge is 0.309 e. The van der Waals surface area contributed by atoms with Crippen molar-refractivity contribution in [2.24, 2.45) is 10.4 Å². The van der Waals surface area contributed by atoms with E-state index in [1.54, 1.807) is 0 Å². The molecule has 1 aliphatic heterocycles. The number of pyridine rings is 1. The summed E-state index contributed by atoms with van der Waals surface area (Å²) in [5.41, 5.74) is 4.89. The summed E-state index contributed by atoms with van der Waals surface area (Å²) in [6.07, 6.45) is 4.29. The second-order valence-corrected chi connectivity index (χ2v) is 13.1. The zero-order chi connectivity index (χ0) is 31.1. The van der Waals surface area contributed by atoms with E-state index in [9.17, 15) is 13.0 Å². The fraction of sp³-hybridized carbons (Fsp3) is 0.382. The molecule has 9 heteroatoms. The molecular formula is C34H43N5O3S. The van der Waals surface area contributed by atoms with Crippen molar-refractivity contribution in [3.8, 4) is 0 Å². The number of benzene rings is 3. The van der Waals surface area contributed by atoms with E-state index in [1.807, 2.05) is 50.4 Å². The van der Waals surface area contributed by atoms with Crippen LogP contribution in [0, 0.1) is 0 Å². The number of rotatable bonds is 9. The molecule has 0 aliphatic carbocycles. The van der Waals surface area contributed by atoms with Crippen LogP contribution in [0.5, 0.6) is 0 Å². The van der Waals surface area contributed by atoms with Crippen LogP contribution in [0.3, 0.4) is 0 Å². The monoisotopic (exact) mass is 601 g/mol. The minimum absolute atomic E-state index is 0.129. The minimum atomic E-state index is -4.48. The SMILES string of the molecule is CCC(C)N1N=NN(c2c(C(C)C)cc(CCc3ccccc3)cc2C(C)C)C1S(=O)(=O)O.c1ccc2ncccc2c1. The Morgan fingerprint density at radius 3 is 1.95 bits per heavy atom. The Morgan fingerprint density at radius 1 is 0.791 bits per heavy atom. The quantitative estimate of drug-likeness (QED) is 0.194. The van der Waals surface area contributed by atoms with Crippen molar-refractivity contribution in [3.63, 3.8) is 0 Å². The molecule has 43 heavy (non-hydrogen) atoms. The molecule has 0 bridgehead atoms. The van der Waals surface area contributed by atoms with Crippen LogP contribution in [0.2, 0.25) is 0 Å². The average molecular weight is 602 g/mol. The Balaban J connectivity index is 0.000000353. The first-order valence-electron chi connectivity index (χ1n) is 15.0. The first kappa shape index (κ1) is 32.1.